The summed E-state index contributed by atoms with van der Waals surface area (Å²) < 4.78 is 0. The van der Waals surface area contributed by atoms with Gasteiger partial charge in [0.2, 0.25) is 0 Å². The molecule has 2 N–H and O–H groups in total. The average Bonchev–Trinajstić information content (AvgIpc) is 3.04. The smallest absolute Gasteiger partial charge is 0.303 e. The fourth-order valence-electron chi connectivity index (χ4n) is 3.86. The van der Waals surface area contributed by atoms with Crippen LogP contribution in [0.3, 0.4) is 0 Å². The molecule has 0 radical (unpaired) electrons. The zero-order valence-electron chi connectivity index (χ0n) is 15.4. The third kappa shape index (κ3) is 5.41. The second kappa shape index (κ2) is 9.33. The maximum Gasteiger partial charge on any atom is 0.303 e. The first kappa shape index (κ1) is 19.1. The molecule has 27 heavy (non-hydrogen) atoms. The number of phenolic OH excluding ortho intramolecular Hbond substituents is 1. The summed E-state index contributed by atoms with van der Waals surface area (Å²) in [4.78, 5) is 17.3. The van der Waals surface area contributed by atoms with Crippen LogP contribution in [0, 0.1) is 5.92 Å². The maximum absolute atomic E-state index is 10.6. The van der Waals surface area contributed by atoms with Crippen molar-refractivity contribution in [2.24, 2.45) is 5.92 Å². The summed E-state index contributed by atoms with van der Waals surface area (Å²) in [7, 11) is 0. The summed E-state index contributed by atoms with van der Waals surface area (Å²) in [6.07, 6.45) is 10.5. The molecule has 0 bridgehead atoms. The molecule has 0 amide bonds. The van der Waals surface area contributed by atoms with Crippen LogP contribution in [0.2, 0.25) is 0 Å². The number of aromatic hydroxyl groups is 1. The highest BCUT2D eigenvalue weighted by molar-refractivity contribution is 5.66. The molecule has 5 nitrogen and oxygen atoms in total. The van der Waals surface area contributed by atoms with Gasteiger partial charge in [-0.15, -0.1) is 0 Å². The zero-order valence-corrected chi connectivity index (χ0v) is 15.4. The van der Waals surface area contributed by atoms with Gasteiger partial charge in [0.25, 0.3) is 0 Å². The van der Waals surface area contributed by atoms with Crippen molar-refractivity contribution in [3.8, 4) is 5.75 Å². The molecule has 2 heterocycles. The molecule has 0 saturated carbocycles. The number of benzene rings is 1. The minimum absolute atomic E-state index is 0.171. The summed E-state index contributed by atoms with van der Waals surface area (Å²) in [5, 5.41) is 18.7. The molecule has 0 aliphatic carbocycles. The third-order valence-electron chi connectivity index (χ3n) is 5.08. The summed E-state index contributed by atoms with van der Waals surface area (Å²) in [5.74, 6) is -0.0400. The Balaban J connectivity index is 1.73. The molecule has 1 aromatic carbocycles. The number of allylic oxidation sites excluding steroid dienone is 2. The van der Waals surface area contributed by atoms with Crippen molar-refractivity contribution in [2.45, 2.75) is 38.3 Å². The number of nitrogens with zero attached hydrogens (tertiary/aromatic N) is 2. The highest BCUT2D eigenvalue weighted by atomic mass is 16.4. The molecule has 2 aromatic rings. The largest absolute Gasteiger partial charge is 0.508 e. The van der Waals surface area contributed by atoms with Gasteiger partial charge in [-0.2, -0.15) is 0 Å². The van der Waals surface area contributed by atoms with Crippen LogP contribution in [0.15, 0.2) is 60.9 Å². The average molecular weight is 366 g/mol. The van der Waals surface area contributed by atoms with Crippen LogP contribution in [0.1, 0.15) is 42.9 Å². The van der Waals surface area contributed by atoms with Crippen molar-refractivity contribution in [2.75, 3.05) is 6.54 Å². The van der Waals surface area contributed by atoms with E-state index in [1.807, 2.05) is 30.5 Å². The lowest BCUT2D eigenvalue weighted by molar-refractivity contribution is -0.136. The number of carboxylic acids is 1. The van der Waals surface area contributed by atoms with Crippen LogP contribution in [0.4, 0.5) is 0 Å². The number of likely N-dealkylation sites (tertiary alicyclic amines) is 1. The molecular weight excluding hydrogens is 340 g/mol. The number of pyridine rings is 1. The maximum atomic E-state index is 10.6. The van der Waals surface area contributed by atoms with Crippen LogP contribution < -0.4 is 0 Å². The fraction of sp³-hybridized carbons (Fsp3) is 0.364. The number of hydrogen-bond donors (Lipinski definition) is 2. The van der Waals surface area contributed by atoms with Crippen LogP contribution in [0.5, 0.6) is 5.75 Å². The molecule has 0 spiro atoms. The van der Waals surface area contributed by atoms with Gasteiger partial charge < -0.3 is 10.2 Å². The number of phenols is 1. The molecule has 142 valence electrons. The first-order valence-corrected chi connectivity index (χ1v) is 9.42. The minimum Gasteiger partial charge on any atom is -0.508 e. The van der Waals surface area contributed by atoms with E-state index in [1.165, 1.54) is 5.56 Å². The molecule has 2 atom stereocenters. The van der Waals surface area contributed by atoms with Crippen LogP contribution in [-0.2, 0) is 11.3 Å². The summed E-state index contributed by atoms with van der Waals surface area (Å²) >= 11 is 0. The van der Waals surface area contributed by atoms with Crippen molar-refractivity contribution in [1.29, 1.82) is 0 Å². The van der Waals surface area contributed by atoms with Gasteiger partial charge in [-0.05, 0) is 61.1 Å². The molecule has 1 aliphatic rings. The lowest BCUT2D eigenvalue weighted by Gasteiger charge is -2.28. The first-order valence-electron chi connectivity index (χ1n) is 9.42. The molecule has 2 unspecified atom stereocenters. The van der Waals surface area contributed by atoms with Crippen LogP contribution in [0.25, 0.3) is 0 Å². The van der Waals surface area contributed by atoms with E-state index in [2.05, 4.69) is 28.1 Å². The van der Waals surface area contributed by atoms with E-state index >= 15 is 0 Å². The quantitative estimate of drug-likeness (QED) is 0.686. The number of aliphatic carboxylic acids is 1. The van der Waals surface area contributed by atoms with Crippen LogP contribution >= 0.6 is 0 Å². The van der Waals surface area contributed by atoms with Crippen molar-refractivity contribution < 1.29 is 15.0 Å². The number of rotatable bonds is 8. The molecule has 3 rings (SSSR count). The van der Waals surface area contributed by atoms with Crippen LogP contribution in [-0.4, -0.2) is 32.6 Å². The van der Waals surface area contributed by atoms with Gasteiger partial charge >= 0.3 is 5.97 Å². The Labute approximate surface area is 160 Å². The Morgan fingerprint density at radius 1 is 1.26 bits per heavy atom. The topological polar surface area (TPSA) is 73.7 Å². The lowest BCUT2D eigenvalue weighted by atomic mass is 9.90. The number of hydrogen-bond acceptors (Lipinski definition) is 4. The van der Waals surface area contributed by atoms with Gasteiger partial charge in [0.05, 0.1) is 0 Å². The molecule has 1 fully saturated rings. The summed E-state index contributed by atoms with van der Waals surface area (Å²) in [6, 6.07) is 11.8. The highest BCUT2D eigenvalue weighted by Gasteiger charge is 2.34. The van der Waals surface area contributed by atoms with Gasteiger partial charge in [-0.1, -0.05) is 30.4 Å². The predicted octanol–water partition coefficient (Wildman–Crippen LogP) is 4.16. The van der Waals surface area contributed by atoms with Gasteiger partial charge in [-0.3, -0.25) is 14.7 Å². The summed E-state index contributed by atoms with van der Waals surface area (Å²) in [6.45, 7) is 1.82. The van der Waals surface area contributed by atoms with Gasteiger partial charge in [-0.25, -0.2) is 0 Å². The predicted molar refractivity (Wildman–Crippen MR) is 104 cm³/mol. The van der Waals surface area contributed by atoms with E-state index in [0.717, 1.165) is 31.5 Å². The van der Waals surface area contributed by atoms with Crippen molar-refractivity contribution in [3.63, 3.8) is 0 Å². The standard InChI is InChI=1S/C22H26N2O3/c25-20-9-4-8-19(14-20)22-18(7-2-1-3-10-21(26)27)11-13-24(22)16-17-6-5-12-23-15-17/h1-2,4-6,8-9,12,14-15,18,22,25H,3,7,10-11,13,16H2,(H,26,27)/b2-1-. The normalized spacial score (nSPS) is 20.3. The monoisotopic (exact) mass is 366 g/mol. The summed E-state index contributed by atoms with van der Waals surface area (Å²) in [5.41, 5.74) is 2.31. The zero-order chi connectivity index (χ0) is 19.1. The Morgan fingerprint density at radius 3 is 2.89 bits per heavy atom. The Kier molecular flexibility index (Phi) is 6.60. The molecule has 1 saturated heterocycles. The van der Waals surface area contributed by atoms with Crippen molar-refractivity contribution in [3.05, 3.63) is 72.1 Å². The van der Waals surface area contributed by atoms with Gasteiger partial charge in [0.1, 0.15) is 5.75 Å². The van der Waals surface area contributed by atoms with Crippen molar-refractivity contribution >= 4 is 5.97 Å². The third-order valence-corrected chi connectivity index (χ3v) is 5.08. The number of carbonyl (C=O) groups is 1. The first-order chi connectivity index (χ1) is 13.1. The van der Waals surface area contributed by atoms with Gasteiger partial charge in [0.15, 0.2) is 0 Å². The fourth-order valence-corrected chi connectivity index (χ4v) is 3.86. The van der Waals surface area contributed by atoms with E-state index in [-0.39, 0.29) is 18.2 Å². The van der Waals surface area contributed by atoms with Crippen molar-refractivity contribution in [1.82, 2.24) is 9.88 Å². The molecule has 1 aliphatic heterocycles. The molecule has 1 aromatic heterocycles. The highest BCUT2D eigenvalue weighted by Crippen LogP contribution is 2.41. The number of aromatic nitrogens is 1. The van der Waals surface area contributed by atoms with E-state index in [9.17, 15) is 9.90 Å². The minimum atomic E-state index is -0.763. The molecular formula is C22H26N2O3. The second-order valence-corrected chi connectivity index (χ2v) is 7.06. The van der Waals surface area contributed by atoms with E-state index in [1.54, 1.807) is 12.3 Å². The Morgan fingerprint density at radius 2 is 2.15 bits per heavy atom. The Hall–Kier alpha value is -2.66. The molecule has 5 heteroatoms. The lowest BCUT2D eigenvalue weighted by Crippen LogP contribution is -2.25. The second-order valence-electron chi connectivity index (χ2n) is 7.06. The van der Waals surface area contributed by atoms with Gasteiger partial charge in [0, 0.05) is 31.4 Å². The number of carboxylic acid groups (broad SMARTS) is 1. The Bertz CT molecular complexity index is 776. The van der Waals surface area contributed by atoms with E-state index in [4.69, 9.17) is 5.11 Å². The van der Waals surface area contributed by atoms with E-state index < -0.39 is 5.97 Å². The SMILES string of the molecule is O=C(O)CC/C=C\CC1CCN(Cc2cccnc2)C1c1cccc(O)c1. The van der Waals surface area contributed by atoms with E-state index in [0.29, 0.717) is 12.3 Å².